The number of ether oxygens (including phenoxy) is 1. The molecule has 0 aliphatic carbocycles. The lowest BCUT2D eigenvalue weighted by molar-refractivity contribution is 0.340. The standard InChI is InChI=1S/C12H14N2O2/c1-2-15-11-5-3-4-9(7-11)6-10-8-14-16-12(10)13/h3-5,7-8H,2,6,13H2,1H3. The van der Waals surface area contributed by atoms with Crippen molar-refractivity contribution in [2.75, 3.05) is 12.3 Å². The highest BCUT2D eigenvalue weighted by molar-refractivity contribution is 5.39. The van der Waals surface area contributed by atoms with Crippen LogP contribution in [0.1, 0.15) is 18.1 Å². The van der Waals surface area contributed by atoms with Gasteiger partial charge in [0.2, 0.25) is 5.88 Å². The maximum absolute atomic E-state index is 5.62. The van der Waals surface area contributed by atoms with Gasteiger partial charge >= 0.3 is 0 Å². The molecule has 0 bridgehead atoms. The van der Waals surface area contributed by atoms with Crippen molar-refractivity contribution in [3.8, 4) is 5.75 Å². The Hall–Kier alpha value is -1.97. The normalized spacial score (nSPS) is 10.3. The largest absolute Gasteiger partial charge is 0.494 e. The number of anilines is 1. The molecule has 0 aliphatic rings. The fourth-order valence-corrected chi connectivity index (χ4v) is 1.53. The molecule has 0 fully saturated rings. The van der Waals surface area contributed by atoms with Gasteiger partial charge in [0.1, 0.15) is 5.75 Å². The molecule has 0 amide bonds. The van der Waals surface area contributed by atoms with Crippen LogP contribution < -0.4 is 10.5 Å². The Morgan fingerprint density at radius 2 is 2.31 bits per heavy atom. The zero-order valence-electron chi connectivity index (χ0n) is 9.14. The van der Waals surface area contributed by atoms with E-state index in [4.69, 9.17) is 15.0 Å². The summed E-state index contributed by atoms with van der Waals surface area (Å²) in [5.41, 5.74) is 7.65. The van der Waals surface area contributed by atoms with Gasteiger partial charge in [-0.15, -0.1) is 0 Å². The maximum atomic E-state index is 5.62. The molecule has 0 spiro atoms. The van der Waals surface area contributed by atoms with E-state index in [0.717, 1.165) is 16.9 Å². The Kier molecular flexibility index (Phi) is 3.10. The van der Waals surface area contributed by atoms with E-state index in [1.807, 2.05) is 31.2 Å². The summed E-state index contributed by atoms with van der Waals surface area (Å²) in [6.45, 7) is 2.63. The fraction of sp³-hybridized carbons (Fsp3) is 0.250. The predicted molar refractivity (Wildman–Crippen MR) is 61.3 cm³/mol. The van der Waals surface area contributed by atoms with E-state index in [1.54, 1.807) is 6.20 Å². The molecule has 0 atom stereocenters. The summed E-state index contributed by atoms with van der Waals surface area (Å²) in [4.78, 5) is 0. The first kappa shape index (κ1) is 10.5. The quantitative estimate of drug-likeness (QED) is 0.854. The van der Waals surface area contributed by atoms with Crippen molar-refractivity contribution in [3.63, 3.8) is 0 Å². The fourth-order valence-electron chi connectivity index (χ4n) is 1.53. The molecular formula is C12H14N2O2. The summed E-state index contributed by atoms with van der Waals surface area (Å²) in [7, 11) is 0. The van der Waals surface area contributed by atoms with Crippen molar-refractivity contribution in [1.82, 2.24) is 5.16 Å². The first-order valence-electron chi connectivity index (χ1n) is 5.20. The first-order chi connectivity index (χ1) is 7.79. The molecule has 0 unspecified atom stereocenters. The first-order valence-corrected chi connectivity index (χ1v) is 5.20. The number of benzene rings is 1. The minimum Gasteiger partial charge on any atom is -0.494 e. The molecule has 0 radical (unpaired) electrons. The monoisotopic (exact) mass is 218 g/mol. The number of nitrogen functional groups attached to an aromatic ring is 1. The second kappa shape index (κ2) is 4.70. The predicted octanol–water partition coefficient (Wildman–Crippen LogP) is 2.25. The molecule has 2 rings (SSSR count). The van der Waals surface area contributed by atoms with Crippen LogP contribution in [0, 0.1) is 0 Å². The lowest BCUT2D eigenvalue weighted by atomic mass is 10.1. The third-order valence-electron chi connectivity index (χ3n) is 2.28. The van der Waals surface area contributed by atoms with Crippen molar-refractivity contribution in [2.24, 2.45) is 0 Å². The zero-order chi connectivity index (χ0) is 11.4. The molecule has 0 saturated heterocycles. The van der Waals surface area contributed by atoms with Crippen LogP contribution in [0.15, 0.2) is 35.0 Å². The van der Waals surface area contributed by atoms with Crippen LogP contribution in [0.2, 0.25) is 0 Å². The van der Waals surface area contributed by atoms with E-state index in [0.29, 0.717) is 18.9 Å². The van der Waals surface area contributed by atoms with Crippen molar-refractivity contribution >= 4 is 5.88 Å². The van der Waals surface area contributed by atoms with E-state index in [9.17, 15) is 0 Å². The Morgan fingerprint density at radius 3 is 3.00 bits per heavy atom. The van der Waals surface area contributed by atoms with E-state index in [1.165, 1.54) is 0 Å². The molecule has 2 aromatic rings. The highest BCUT2D eigenvalue weighted by Crippen LogP contribution is 2.19. The van der Waals surface area contributed by atoms with Gasteiger partial charge in [-0.1, -0.05) is 17.3 Å². The molecule has 2 N–H and O–H groups in total. The highest BCUT2D eigenvalue weighted by atomic mass is 16.5. The van der Waals surface area contributed by atoms with Gasteiger partial charge in [0.15, 0.2) is 0 Å². The van der Waals surface area contributed by atoms with Gasteiger partial charge in [0.05, 0.1) is 12.8 Å². The molecule has 16 heavy (non-hydrogen) atoms. The zero-order valence-corrected chi connectivity index (χ0v) is 9.14. The second-order valence-corrected chi connectivity index (χ2v) is 3.47. The summed E-state index contributed by atoms with van der Waals surface area (Å²) < 4.78 is 10.2. The topological polar surface area (TPSA) is 61.3 Å². The van der Waals surface area contributed by atoms with Crippen LogP contribution in [-0.2, 0) is 6.42 Å². The number of hydrogen-bond acceptors (Lipinski definition) is 4. The third-order valence-corrected chi connectivity index (χ3v) is 2.28. The average molecular weight is 218 g/mol. The molecular weight excluding hydrogens is 204 g/mol. The minimum absolute atomic E-state index is 0.377. The van der Waals surface area contributed by atoms with E-state index in [2.05, 4.69) is 5.16 Å². The molecule has 4 heteroatoms. The van der Waals surface area contributed by atoms with E-state index >= 15 is 0 Å². The summed E-state index contributed by atoms with van der Waals surface area (Å²) in [5.74, 6) is 1.25. The SMILES string of the molecule is CCOc1cccc(Cc2cnoc2N)c1. The second-order valence-electron chi connectivity index (χ2n) is 3.47. The molecule has 0 saturated carbocycles. The van der Waals surface area contributed by atoms with Crippen molar-refractivity contribution in [3.05, 3.63) is 41.6 Å². The number of hydrogen-bond donors (Lipinski definition) is 1. The van der Waals surface area contributed by atoms with E-state index in [-0.39, 0.29) is 0 Å². The van der Waals surface area contributed by atoms with Gasteiger partial charge in [0, 0.05) is 12.0 Å². The summed E-state index contributed by atoms with van der Waals surface area (Å²) >= 11 is 0. The lowest BCUT2D eigenvalue weighted by Gasteiger charge is -2.05. The Bertz CT molecular complexity index is 466. The molecule has 1 heterocycles. The van der Waals surface area contributed by atoms with Gasteiger partial charge < -0.3 is 15.0 Å². The Balaban J connectivity index is 2.15. The molecule has 84 valence electrons. The maximum Gasteiger partial charge on any atom is 0.225 e. The Labute approximate surface area is 94.0 Å². The number of rotatable bonds is 4. The molecule has 1 aromatic carbocycles. The van der Waals surface area contributed by atoms with Crippen molar-refractivity contribution in [1.29, 1.82) is 0 Å². The van der Waals surface area contributed by atoms with E-state index < -0.39 is 0 Å². The van der Waals surface area contributed by atoms with Crippen LogP contribution in [0.4, 0.5) is 5.88 Å². The van der Waals surface area contributed by atoms with Crippen LogP contribution in [-0.4, -0.2) is 11.8 Å². The van der Waals surface area contributed by atoms with Gasteiger partial charge in [0.25, 0.3) is 0 Å². The van der Waals surface area contributed by atoms with Gasteiger partial charge in [-0.25, -0.2) is 0 Å². The van der Waals surface area contributed by atoms with Crippen LogP contribution in [0.3, 0.4) is 0 Å². The van der Waals surface area contributed by atoms with Crippen LogP contribution in [0.5, 0.6) is 5.75 Å². The van der Waals surface area contributed by atoms with Crippen molar-refractivity contribution in [2.45, 2.75) is 13.3 Å². The third kappa shape index (κ3) is 2.34. The van der Waals surface area contributed by atoms with Crippen molar-refractivity contribution < 1.29 is 9.26 Å². The molecule has 1 aromatic heterocycles. The number of nitrogens with zero attached hydrogens (tertiary/aromatic N) is 1. The molecule has 4 nitrogen and oxygen atoms in total. The highest BCUT2D eigenvalue weighted by Gasteiger charge is 2.05. The smallest absolute Gasteiger partial charge is 0.225 e. The van der Waals surface area contributed by atoms with Gasteiger partial charge in [-0.05, 0) is 24.6 Å². The lowest BCUT2D eigenvalue weighted by Crippen LogP contribution is -1.94. The van der Waals surface area contributed by atoms with Crippen LogP contribution in [0.25, 0.3) is 0 Å². The van der Waals surface area contributed by atoms with Gasteiger partial charge in [-0.3, -0.25) is 0 Å². The minimum atomic E-state index is 0.377. The number of nitrogens with two attached hydrogens (primary N) is 1. The summed E-state index contributed by atoms with van der Waals surface area (Å²) in [5, 5.41) is 3.65. The number of aromatic nitrogens is 1. The van der Waals surface area contributed by atoms with Gasteiger partial charge in [-0.2, -0.15) is 0 Å². The average Bonchev–Trinajstić information content (AvgIpc) is 2.66. The summed E-state index contributed by atoms with van der Waals surface area (Å²) in [6, 6.07) is 7.92. The Morgan fingerprint density at radius 1 is 1.44 bits per heavy atom. The molecule has 0 aliphatic heterocycles. The summed E-state index contributed by atoms with van der Waals surface area (Å²) in [6.07, 6.45) is 2.35. The van der Waals surface area contributed by atoms with Crippen LogP contribution >= 0.6 is 0 Å².